The first kappa shape index (κ1) is 15.6. The third-order valence-corrected chi connectivity index (χ3v) is 4.20. The number of nitrogens with zero attached hydrogens (tertiary/aromatic N) is 2. The number of hydrogen-bond acceptors (Lipinski definition) is 2. The van der Waals surface area contributed by atoms with Crippen LogP contribution in [0.3, 0.4) is 0 Å². The van der Waals surface area contributed by atoms with E-state index in [2.05, 4.69) is 65.8 Å². The van der Waals surface area contributed by atoms with E-state index >= 15 is 0 Å². The summed E-state index contributed by atoms with van der Waals surface area (Å²) in [6.45, 7) is 9.13. The lowest BCUT2D eigenvalue weighted by Crippen LogP contribution is -2.35. The van der Waals surface area contributed by atoms with Crippen molar-refractivity contribution in [1.29, 1.82) is 0 Å². The number of rotatable bonds is 6. The second kappa shape index (κ2) is 7.25. The lowest BCUT2D eigenvalue weighted by atomic mass is 9.82. The fraction of sp³-hybridized carbons (Fsp3) is 0.667. The third-order valence-electron chi connectivity index (χ3n) is 3.42. The molecular formula is C15H25BrN2. The largest absolute Gasteiger partial charge is 0.306 e. The minimum Gasteiger partial charge on any atom is -0.306 e. The summed E-state index contributed by atoms with van der Waals surface area (Å²) < 4.78 is 0. The van der Waals surface area contributed by atoms with Crippen LogP contribution in [0.4, 0.5) is 0 Å². The van der Waals surface area contributed by atoms with Gasteiger partial charge < -0.3 is 4.90 Å². The topological polar surface area (TPSA) is 16.1 Å². The molecule has 0 aliphatic heterocycles. The lowest BCUT2D eigenvalue weighted by Gasteiger charge is -2.32. The number of halogens is 1. The lowest BCUT2D eigenvalue weighted by molar-refractivity contribution is 0.189. The maximum Gasteiger partial charge on any atom is 0.0416 e. The SMILES string of the molecule is CN(CCc1ccccn1)CC(CBr)C(C)(C)C. The molecule has 1 aromatic rings. The number of pyridine rings is 1. The van der Waals surface area contributed by atoms with E-state index in [-0.39, 0.29) is 0 Å². The molecule has 3 heteroatoms. The van der Waals surface area contributed by atoms with Gasteiger partial charge in [0, 0.05) is 36.7 Å². The number of likely N-dealkylation sites (N-methyl/N-ethyl adjacent to an activating group) is 1. The Bertz CT molecular complexity index is 332. The van der Waals surface area contributed by atoms with Crippen molar-refractivity contribution in [2.24, 2.45) is 11.3 Å². The summed E-state index contributed by atoms with van der Waals surface area (Å²) >= 11 is 3.64. The molecule has 0 spiro atoms. The molecule has 0 radical (unpaired) electrons. The van der Waals surface area contributed by atoms with Gasteiger partial charge in [0.25, 0.3) is 0 Å². The van der Waals surface area contributed by atoms with E-state index in [1.165, 1.54) is 5.69 Å². The molecule has 1 unspecified atom stereocenters. The highest BCUT2D eigenvalue weighted by Gasteiger charge is 2.24. The molecule has 0 bridgehead atoms. The Morgan fingerprint density at radius 2 is 2.06 bits per heavy atom. The van der Waals surface area contributed by atoms with Crippen LogP contribution in [-0.4, -0.2) is 35.4 Å². The molecule has 102 valence electrons. The first-order valence-corrected chi connectivity index (χ1v) is 7.70. The average molecular weight is 313 g/mol. The van der Waals surface area contributed by atoms with Crippen LogP contribution in [0.1, 0.15) is 26.5 Å². The van der Waals surface area contributed by atoms with Crippen molar-refractivity contribution >= 4 is 15.9 Å². The zero-order chi connectivity index (χ0) is 13.6. The molecule has 2 nitrogen and oxygen atoms in total. The minimum atomic E-state index is 0.350. The standard InChI is InChI=1S/C15H25BrN2/c1-15(2,3)13(11-16)12-18(4)10-8-14-7-5-6-9-17-14/h5-7,9,13H,8,10-12H2,1-4H3. The highest BCUT2D eigenvalue weighted by molar-refractivity contribution is 9.09. The molecule has 18 heavy (non-hydrogen) atoms. The summed E-state index contributed by atoms with van der Waals surface area (Å²) in [6, 6.07) is 6.12. The van der Waals surface area contributed by atoms with Gasteiger partial charge >= 0.3 is 0 Å². The van der Waals surface area contributed by atoms with Crippen molar-refractivity contribution in [1.82, 2.24) is 9.88 Å². The summed E-state index contributed by atoms with van der Waals surface area (Å²) in [7, 11) is 2.20. The Hall–Kier alpha value is -0.410. The van der Waals surface area contributed by atoms with Crippen molar-refractivity contribution < 1.29 is 0 Å². The van der Waals surface area contributed by atoms with Crippen molar-refractivity contribution in [2.75, 3.05) is 25.5 Å². The molecule has 0 saturated carbocycles. The molecule has 1 heterocycles. The molecule has 0 N–H and O–H groups in total. The van der Waals surface area contributed by atoms with Gasteiger partial charge in [-0.05, 0) is 30.5 Å². The van der Waals surface area contributed by atoms with E-state index in [9.17, 15) is 0 Å². The molecule has 0 fully saturated rings. The van der Waals surface area contributed by atoms with Crippen molar-refractivity contribution in [3.05, 3.63) is 30.1 Å². The Kier molecular flexibility index (Phi) is 6.30. The fourth-order valence-electron chi connectivity index (χ4n) is 1.87. The molecule has 1 rings (SSSR count). The maximum atomic E-state index is 4.36. The molecule has 1 atom stereocenters. The maximum absolute atomic E-state index is 4.36. The predicted octanol–water partition coefficient (Wildman–Crippen LogP) is 3.61. The van der Waals surface area contributed by atoms with Crippen LogP contribution in [0.15, 0.2) is 24.4 Å². The van der Waals surface area contributed by atoms with Crippen molar-refractivity contribution in [3.8, 4) is 0 Å². The van der Waals surface area contributed by atoms with E-state index in [1.54, 1.807) is 0 Å². The highest BCUT2D eigenvalue weighted by atomic mass is 79.9. The number of alkyl halides is 1. The molecular weight excluding hydrogens is 288 g/mol. The number of aromatic nitrogens is 1. The van der Waals surface area contributed by atoms with Gasteiger partial charge in [0.05, 0.1) is 0 Å². The predicted molar refractivity (Wildman–Crippen MR) is 82.2 cm³/mol. The second-order valence-corrected chi connectivity index (χ2v) is 6.70. The van der Waals surface area contributed by atoms with E-state index in [4.69, 9.17) is 0 Å². The van der Waals surface area contributed by atoms with Gasteiger partial charge in [-0.2, -0.15) is 0 Å². The summed E-state index contributed by atoms with van der Waals surface area (Å²) in [6.07, 6.45) is 2.89. The summed E-state index contributed by atoms with van der Waals surface area (Å²) in [5.41, 5.74) is 1.53. The van der Waals surface area contributed by atoms with Crippen LogP contribution in [0.2, 0.25) is 0 Å². The smallest absolute Gasteiger partial charge is 0.0416 e. The zero-order valence-electron chi connectivity index (χ0n) is 12.0. The average Bonchev–Trinajstić information content (AvgIpc) is 2.33. The molecule has 0 saturated heterocycles. The van der Waals surface area contributed by atoms with Gasteiger partial charge in [-0.15, -0.1) is 0 Å². The van der Waals surface area contributed by atoms with Crippen LogP contribution < -0.4 is 0 Å². The monoisotopic (exact) mass is 312 g/mol. The first-order valence-electron chi connectivity index (χ1n) is 6.58. The van der Waals surface area contributed by atoms with Gasteiger partial charge in [0.2, 0.25) is 0 Å². The van der Waals surface area contributed by atoms with Crippen molar-refractivity contribution in [3.63, 3.8) is 0 Å². The van der Waals surface area contributed by atoms with E-state index in [0.717, 1.165) is 24.8 Å². The summed E-state index contributed by atoms with van der Waals surface area (Å²) in [4.78, 5) is 6.77. The Balaban J connectivity index is 2.39. The molecule has 0 aliphatic carbocycles. The van der Waals surface area contributed by atoms with E-state index in [0.29, 0.717) is 11.3 Å². The zero-order valence-corrected chi connectivity index (χ0v) is 13.6. The van der Waals surface area contributed by atoms with Gasteiger partial charge in [-0.3, -0.25) is 4.98 Å². The summed E-state index contributed by atoms with van der Waals surface area (Å²) in [5, 5.41) is 1.06. The van der Waals surface area contributed by atoms with Crippen LogP contribution in [0.25, 0.3) is 0 Å². The van der Waals surface area contributed by atoms with Crippen molar-refractivity contribution in [2.45, 2.75) is 27.2 Å². The van der Waals surface area contributed by atoms with E-state index in [1.807, 2.05) is 12.3 Å². The number of hydrogen-bond donors (Lipinski definition) is 0. The Morgan fingerprint density at radius 1 is 1.33 bits per heavy atom. The normalized spacial score (nSPS) is 13.9. The highest BCUT2D eigenvalue weighted by Crippen LogP contribution is 2.28. The van der Waals surface area contributed by atoms with Crippen LogP contribution in [0, 0.1) is 11.3 Å². The third kappa shape index (κ3) is 5.49. The second-order valence-electron chi connectivity index (χ2n) is 6.05. The molecule has 0 aromatic carbocycles. The van der Waals surface area contributed by atoms with E-state index < -0.39 is 0 Å². The first-order chi connectivity index (χ1) is 8.43. The van der Waals surface area contributed by atoms with Gasteiger partial charge in [0.15, 0.2) is 0 Å². The van der Waals surface area contributed by atoms with Crippen LogP contribution >= 0.6 is 15.9 Å². The quantitative estimate of drug-likeness (QED) is 0.746. The van der Waals surface area contributed by atoms with Gasteiger partial charge in [-0.1, -0.05) is 42.8 Å². The van der Waals surface area contributed by atoms with Crippen LogP contribution in [-0.2, 0) is 6.42 Å². The minimum absolute atomic E-state index is 0.350. The molecule has 0 amide bonds. The summed E-state index contributed by atoms with van der Waals surface area (Å²) in [5.74, 6) is 0.672. The Morgan fingerprint density at radius 3 is 2.56 bits per heavy atom. The Labute approximate surface area is 120 Å². The molecule has 0 aliphatic rings. The van der Waals surface area contributed by atoms with Gasteiger partial charge in [-0.25, -0.2) is 0 Å². The molecule has 1 aromatic heterocycles. The van der Waals surface area contributed by atoms with Gasteiger partial charge in [0.1, 0.15) is 0 Å². The van der Waals surface area contributed by atoms with Crippen LogP contribution in [0.5, 0.6) is 0 Å². The fourth-order valence-corrected chi connectivity index (χ4v) is 3.05.